The van der Waals surface area contributed by atoms with Gasteiger partial charge in [0, 0.05) is 6.21 Å². The van der Waals surface area contributed by atoms with Crippen LogP contribution in [0.15, 0.2) is 65.7 Å². The Bertz CT molecular complexity index is 549. The number of rotatable bonds is 4. The van der Waals surface area contributed by atoms with Crippen LogP contribution in [0.5, 0.6) is 0 Å². The van der Waals surface area contributed by atoms with Crippen molar-refractivity contribution in [2.75, 3.05) is 0 Å². The van der Waals surface area contributed by atoms with Crippen molar-refractivity contribution in [3.63, 3.8) is 0 Å². The number of esters is 1. The summed E-state index contributed by atoms with van der Waals surface area (Å²) in [4.78, 5) is 16.0. The molecule has 0 aliphatic rings. The molecule has 0 saturated heterocycles. The Hall–Kier alpha value is -2.42. The Morgan fingerprint density at radius 2 is 1.63 bits per heavy atom. The van der Waals surface area contributed by atoms with Crippen LogP contribution in [0.4, 0.5) is 0 Å². The summed E-state index contributed by atoms with van der Waals surface area (Å²) in [7, 11) is 0. The van der Waals surface area contributed by atoms with Gasteiger partial charge in [-0.2, -0.15) is 0 Å². The summed E-state index contributed by atoms with van der Waals surface area (Å²) in [6, 6.07) is 18.6. The molecule has 0 bridgehead atoms. The van der Waals surface area contributed by atoms with E-state index >= 15 is 0 Å². The molecular weight excluding hydrogens is 238 g/mol. The van der Waals surface area contributed by atoms with Crippen molar-refractivity contribution in [1.82, 2.24) is 0 Å². The lowest BCUT2D eigenvalue weighted by Gasteiger charge is -2.08. The fourth-order valence-electron chi connectivity index (χ4n) is 1.56. The van der Waals surface area contributed by atoms with Gasteiger partial charge in [0.15, 0.2) is 6.23 Å². The first-order chi connectivity index (χ1) is 9.25. The van der Waals surface area contributed by atoms with Crippen LogP contribution in [0, 0.1) is 0 Å². The second-order valence-electron chi connectivity index (χ2n) is 4.06. The summed E-state index contributed by atoms with van der Waals surface area (Å²) < 4.78 is 5.22. The lowest BCUT2D eigenvalue weighted by molar-refractivity contribution is 0.0361. The van der Waals surface area contributed by atoms with Crippen LogP contribution in [0.1, 0.15) is 22.8 Å². The van der Waals surface area contributed by atoms with Crippen molar-refractivity contribution in [3.8, 4) is 0 Å². The van der Waals surface area contributed by atoms with Gasteiger partial charge in [-0.1, -0.05) is 48.5 Å². The molecule has 0 amide bonds. The Labute approximate surface area is 112 Å². The van der Waals surface area contributed by atoms with E-state index in [1.807, 2.05) is 36.4 Å². The highest BCUT2D eigenvalue weighted by molar-refractivity contribution is 5.89. The summed E-state index contributed by atoms with van der Waals surface area (Å²) >= 11 is 0. The van der Waals surface area contributed by atoms with Gasteiger partial charge in [-0.3, -0.25) is 4.99 Å². The molecule has 19 heavy (non-hydrogen) atoms. The van der Waals surface area contributed by atoms with Gasteiger partial charge in [-0.15, -0.1) is 0 Å². The Morgan fingerprint density at radius 3 is 2.26 bits per heavy atom. The van der Waals surface area contributed by atoms with Crippen LogP contribution in [-0.4, -0.2) is 18.4 Å². The number of carbonyl (C=O) groups excluding carboxylic acids is 1. The number of aliphatic imine (C=N–C) groups is 1. The van der Waals surface area contributed by atoms with Crippen LogP contribution >= 0.6 is 0 Å². The monoisotopic (exact) mass is 253 g/mol. The van der Waals surface area contributed by atoms with E-state index in [2.05, 4.69) is 4.99 Å². The molecule has 0 aliphatic heterocycles. The van der Waals surface area contributed by atoms with E-state index in [1.54, 1.807) is 37.4 Å². The molecule has 0 fully saturated rings. The van der Waals surface area contributed by atoms with Gasteiger partial charge < -0.3 is 4.74 Å². The van der Waals surface area contributed by atoms with Gasteiger partial charge >= 0.3 is 5.97 Å². The van der Waals surface area contributed by atoms with Crippen molar-refractivity contribution in [2.45, 2.75) is 13.2 Å². The van der Waals surface area contributed by atoms with Crippen molar-refractivity contribution in [1.29, 1.82) is 0 Å². The largest absolute Gasteiger partial charge is 0.436 e. The molecule has 3 heteroatoms. The first kappa shape index (κ1) is 13.0. The minimum atomic E-state index is -0.507. The second kappa shape index (κ2) is 6.50. The normalized spacial score (nSPS) is 12.3. The van der Waals surface area contributed by atoms with Crippen molar-refractivity contribution in [3.05, 3.63) is 71.8 Å². The Kier molecular flexibility index (Phi) is 4.45. The van der Waals surface area contributed by atoms with Gasteiger partial charge in [0.05, 0.1) is 5.56 Å². The molecule has 96 valence electrons. The smallest absolute Gasteiger partial charge is 0.340 e. The fourth-order valence-corrected chi connectivity index (χ4v) is 1.56. The highest BCUT2D eigenvalue weighted by Gasteiger charge is 2.09. The minimum absolute atomic E-state index is 0.363. The molecule has 0 radical (unpaired) electrons. The summed E-state index contributed by atoms with van der Waals surface area (Å²) in [6.07, 6.45) is 1.19. The summed E-state index contributed by atoms with van der Waals surface area (Å²) in [5, 5.41) is 0. The molecule has 0 aromatic heterocycles. The maximum atomic E-state index is 11.8. The zero-order valence-electron chi connectivity index (χ0n) is 10.7. The SMILES string of the molecule is CC(N=Cc1ccccc1)OC(=O)c1ccccc1. The van der Waals surface area contributed by atoms with E-state index in [0.717, 1.165) is 5.56 Å². The molecule has 0 heterocycles. The van der Waals surface area contributed by atoms with Crippen molar-refractivity contribution in [2.24, 2.45) is 4.99 Å². The Balaban J connectivity index is 1.93. The number of hydrogen-bond donors (Lipinski definition) is 0. The highest BCUT2D eigenvalue weighted by atomic mass is 16.6. The van der Waals surface area contributed by atoms with Crippen LogP contribution in [0.25, 0.3) is 0 Å². The zero-order valence-corrected chi connectivity index (χ0v) is 10.7. The molecule has 0 aliphatic carbocycles. The molecular formula is C16H15NO2. The summed E-state index contributed by atoms with van der Waals surface area (Å²) in [5.41, 5.74) is 1.51. The van der Waals surface area contributed by atoms with Crippen LogP contribution in [-0.2, 0) is 4.74 Å². The highest BCUT2D eigenvalue weighted by Crippen LogP contribution is 2.04. The zero-order chi connectivity index (χ0) is 13.5. The first-order valence-corrected chi connectivity index (χ1v) is 6.10. The number of carbonyl (C=O) groups is 1. The maximum absolute atomic E-state index is 11.8. The second-order valence-corrected chi connectivity index (χ2v) is 4.06. The van der Waals surface area contributed by atoms with E-state index in [9.17, 15) is 4.79 Å². The quantitative estimate of drug-likeness (QED) is 0.619. The summed E-state index contributed by atoms with van der Waals surface area (Å²) in [6.45, 7) is 1.74. The van der Waals surface area contributed by atoms with E-state index in [0.29, 0.717) is 5.56 Å². The number of nitrogens with zero attached hydrogens (tertiary/aromatic N) is 1. The summed E-state index contributed by atoms with van der Waals surface area (Å²) in [5.74, 6) is -0.363. The van der Waals surface area contributed by atoms with E-state index in [4.69, 9.17) is 4.74 Å². The number of hydrogen-bond acceptors (Lipinski definition) is 3. The molecule has 3 nitrogen and oxygen atoms in total. The van der Waals surface area contributed by atoms with Gasteiger partial charge in [0.25, 0.3) is 0 Å². The number of benzene rings is 2. The average Bonchev–Trinajstić information content (AvgIpc) is 2.47. The molecule has 2 aromatic carbocycles. The lowest BCUT2D eigenvalue weighted by atomic mass is 10.2. The number of ether oxygens (including phenoxy) is 1. The van der Waals surface area contributed by atoms with E-state index in [1.165, 1.54) is 0 Å². The molecule has 0 N–H and O–H groups in total. The maximum Gasteiger partial charge on any atom is 0.340 e. The van der Waals surface area contributed by atoms with Crippen LogP contribution in [0.2, 0.25) is 0 Å². The molecule has 2 aromatic rings. The molecule has 1 unspecified atom stereocenters. The van der Waals surface area contributed by atoms with Gasteiger partial charge in [-0.25, -0.2) is 4.79 Å². The van der Waals surface area contributed by atoms with Crippen molar-refractivity contribution >= 4 is 12.2 Å². The van der Waals surface area contributed by atoms with E-state index < -0.39 is 6.23 Å². The first-order valence-electron chi connectivity index (χ1n) is 6.10. The van der Waals surface area contributed by atoms with Gasteiger partial charge in [0.1, 0.15) is 0 Å². The fraction of sp³-hybridized carbons (Fsp3) is 0.125. The minimum Gasteiger partial charge on any atom is -0.436 e. The third-order valence-electron chi connectivity index (χ3n) is 2.52. The third kappa shape index (κ3) is 4.07. The van der Waals surface area contributed by atoms with E-state index in [-0.39, 0.29) is 5.97 Å². The standard InChI is InChI=1S/C16H15NO2/c1-13(17-12-14-8-4-2-5-9-14)19-16(18)15-10-6-3-7-11-15/h2-13H,1H3. The topological polar surface area (TPSA) is 38.7 Å². The van der Waals surface area contributed by atoms with Gasteiger partial charge in [-0.05, 0) is 24.6 Å². The van der Waals surface area contributed by atoms with Crippen molar-refractivity contribution < 1.29 is 9.53 Å². The average molecular weight is 253 g/mol. The van der Waals surface area contributed by atoms with Gasteiger partial charge in [0.2, 0.25) is 0 Å². The molecule has 0 saturated carbocycles. The van der Waals surface area contributed by atoms with Crippen LogP contribution in [0.3, 0.4) is 0 Å². The molecule has 2 rings (SSSR count). The predicted octanol–water partition coefficient (Wildman–Crippen LogP) is 3.31. The van der Waals surface area contributed by atoms with Crippen LogP contribution < -0.4 is 0 Å². The third-order valence-corrected chi connectivity index (χ3v) is 2.52. The molecule has 1 atom stereocenters. The molecule has 0 spiro atoms. The Morgan fingerprint density at radius 1 is 1.05 bits per heavy atom. The predicted molar refractivity (Wildman–Crippen MR) is 75.4 cm³/mol. The lowest BCUT2D eigenvalue weighted by Crippen LogP contribution is -2.13.